The third-order valence-electron chi connectivity index (χ3n) is 11.4. The fourth-order valence-corrected chi connectivity index (χ4v) is 8.38. The number of hydrogen-bond donors (Lipinski definition) is 0. The Hall–Kier alpha value is -8.79. The molecule has 8 aromatic carbocycles. The number of hydrogen-bond acceptors (Lipinski definition) is 4. The van der Waals surface area contributed by atoms with Crippen LogP contribution in [0.25, 0.3) is 111 Å². The molecule has 11 aromatic rings. The van der Waals surface area contributed by atoms with Gasteiger partial charge in [-0.2, -0.15) is 0 Å². The second-order valence-electron chi connectivity index (χ2n) is 15.4. The average molecular weight is 805 g/mol. The second-order valence-corrected chi connectivity index (χ2v) is 15.4. The van der Waals surface area contributed by atoms with Crippen LogP contribution in [0.15, 0.2) is 218 Å². The SMILES string of the molecule is [C-]#[N+]c1cccc(-c2ccc3c4ccccc4n(-c4ccc(-c5cc(-c6ccccc6)nc(-c6ccccc6)n5)cc4-c4nc(-c5ccccc5)cc(-c5ccccc5)n4)c3c2)c1. The van der Waals surface area contributed by atoms with Crippen molar-refractivity contribution in [3.8, 4) is 84.6 Å². The molecule has 63 heavy (non-hydrogen) atoms. The highest BCUT2D eigenvalue weighted by Crippen LogP contribution is 2.40. The van der Waals surface area contributed by atoms with Crippen LogP contribution in [0.5, 0.6) is 0 Å². The molecular formula is C57H36N6. The Morgan fingerprint density at radius 1 is 0.333 bits per heavy atom. The summed E-state index contributed by atoms with van der Waals surface area (Å²) in [5.74, 6) is 1.23. The average Bonchev–Trinajstić information content (AvgIpc) is 3.70. The normalized spacial score (nSPS) is 11.2. The Labute approximate surface area is 365 Å². The lowest BCUT2D eigenvalue weighted by Gasteiger charge is -2.17. The smallest absolute Gasteiger partial charge is 0.187 e. The van der Waals surface area contributed by atoms with Gasteiger partial charge in [0, 0.05) is 44.2 Å². The summed E-state index contributed by atoms with van der Waals surface area (Å²) in [6.07, 6.45) is 0. The van der Waals surface area contributed by atoms with E-state index in [9.17, 15) is 0 Å². The van der Waals surface area contributed by atoms with Gasteiger partial charge in [-0.15, -0.1) is 0 Å². The Morgan fingerprint density at radius 3 is 1.41 bits per heavy atom. The van der Waals surface area contributed by atoms with E-state index in [0.29, 0.717) is 17.3 Å². The minimum Gasteiger partial charge on any atom is -0.308 e. The van der Waals surface area contributed by atoms with Gasteiger partial charge < -0.3 is 4.57 Å². The first kappa shape index (κ1) is 37.2. The molecule has 0 amide bonds. The van der Waals surface area contributed by atoms with E-state index in [2.05, 4.69) is 125 Å². The lowest BCUT2D eigenvalue weighted by atomic mass is 10.0. The standard InChI is InChI=1S/C57H36N6/c1-58-45-26-16-25-42(33-45)43-29-31-47-46-27-14-15-28-53(46)63(55(47)35-43)54-32-30-44(52-37-49(38-17-6-2-7-18-38)59-56(60-52)41-23-12-5-13-24-41)34-48(54)57-61-50(39-19-8-3-9-20-39)36-51(62-57)40-21-10-4-11-22-40/h2-37H. The fraction of sp³-hybridized carbons (Fsp3) is 0. The van der Waals surface area contributed by atoms with Crippen LogP contribution in [-0.2, 0) is 0 Å². The maximum atomic E-state index is 7.69. The van der Waals surface area contributed by atoms with Gasteiger partial charge in [-0.3, -0.25) is 0 Å². The Morgan fingerprint density at radius 2 is 0.810 bits per heavy atom. The molecule has 0 radical (unpaired) electrons. The summed E-state index contributed by atoms with van der Waals surface area (Å²) >= 11 is 0. The number of rotatable bonds is 8. The van der Waals surface area contributed by atoms with Gasteiger partial charge in [-0.05, 0) is 53.6 Å². The highest BCUT2D eigenvalue weighted by Gasteiger charge is 2.21. The van der Waals surface area contributed by atoms with Crippen LogP contribution < -0.4 is 0 Å². The molecule has 0 bridgehead atoms. The monoisotopic (exact) mass is 804 g/mol. The molecule has 0 aliphatic carbocycles. The number of fused-ring (bicyclic) bond motifs is 3. The van der Waals surface area contributed by atoms with Gasteiger partial charge in [0.1, 0.15) is 0 Å². The van der Waals surface area contributed by atoms with Crippen LogP contribution >= 0.6 is 0 Å². The lowest BCUT2D eigenvalue weighted by Crippen LogP contribution is -2.03. The zero-order chi connectivity index (χ0) is 42.1. The summed E-state index contributed by atoms with van der Waals surface area (Å²) in [5.41, 5.74) is 14.5. The van der Waals surface area contributed by atoms with Crippen molar-refractivity contribution >= 4 is 27.5 Å². The van der Waals surface area contributed by atoms with E-state index in [-0.39, 0.29) is 0 Å². The molecule has 0 aliphatic rings. The van der Waals surface area contributed by atoms with E-state index in [4.69, 9.17) is 26.5 Å². The van der Waals surface area contributed by atoms with Gasteiger partial charge in [0.2, 0.25) is 0 Å². The fourth-order valence-electron chi connectivity index (χ4n) is 8.38. The number of aromatic nitrogens is 5. The van der Waals surface area contributed by atoms with Crippen molar-refractivity contribution in [2.24, 2.45) is 0 Å². The minimum atomic E-state index is 0.583. The molecule has 11 rings (SSSR count). The van der Waals surface area contributed by atoms with Gasteiger partial charge in [-0.25, -0.2) is 24.8 Å². The molecule has 294 valence electrons. The molecule has 3 heterocycles. The summed E-state index contributed by atoms with van der Waals surface area (Å²) in [4.78, 5) is 24.8. The third kappa shape index (κ3) is 7.10. The molecule has 0 saturated carbocycles. The van der Waals surface area contributed by atoms with E-state index in [1.54, 1.807) is 0 Å². The van der Waals surface area contributed by atoms with Crippen LogP contribution in [0.3, 0.4) is 0 Å². The van der Waals surface area contributed by atoms with Gasteiger partial charge in [0.25, 0.3) is 0 Å². The first-order valence-corrected chi connectivity index (χ1v) is 20.8. The van der Waals surface area contributed by atoms with Crippen molar-refractivity contribution in [3.63, 3.8) is 0 Å². The Kier molecular flexibility index (Phi) is 9.45. The van der Waals surface area contributed by atoms with Crippen LogP contribution in [0.1, 0.15) is 0 Å². The van der Waals surface area contributed by atoms with Crippen molar-refractivity contribution in [2.45, 2.75) is 0 Å². The first-order valence-electron chi connectivity index (χ1n) is 20.8. The lowest BCUT2D eigenvalue weighted by molar-refractivity contribution is 1.13. The summed E-state index contributed by atoms with van der Waals surface area (Å²) in [5, 5.41) is 2.24. The highest BCUT2D eigenvalue weighted by molar-refractivity contribution is 6.11. The van der Waals surface area contributed by atoms with Gasteiger partial charge in [0.15, 0.2) is 17.3 Å². The zero-order valence-electron chi connectivity index (χ0n) is 34.0. The van der Waals surface area contributed by atoms with E-state index < -0.39 is 0 Å². The van der Waals surface area contributed by atoms with E-state index in [0.717, 1.165) is 94.8 Å². The highest BCUT2D eigenvalue weighted by atomic mass is 15.0. The molecule has 0 atom stereocenters. The Balaban J connectivity index is 1.21. The Bertz CT molecular complexity index is 3390. The van der Waals surface area contributed by atoms with Gasteiger partial charge >= 0.3 is 0 Å². The van der Waals surface area contributed by atoms with Crippen LogP contribution in [-0.4, -0.2) is 24.5 Å². The third-order valence-corrected chi connectivity index (χ3v) is 11.4. The topological polar surface area (TPSA) is 60.9 Å². The van der Waals surface area contributed by atoms with Crippen molar-refractivity contribution < 1.29 is 0 Å². The van der Waals surface area contributed by atoms with Crippen LogP contribution in [0.2, 0.25) is 0 Å². The quantitative estimate of drug-likeness (QED) is 0.144. The maximum Gasteiger partial charge on any atom is 0.187 e. The zero-order valence-corrected chi connectivity index (χ0v) is 34.0. The molecule has 0 spiro atoms. The number of nitrogens with zero attached hydrogens (tertiary/aromatic N) is 6. The van der Waals surface area contributed by atoms with Crippen molar-refractivity contribution in [2.75, 3.05) is 0 Å². The second kappa shape index (κ2) is 16.0. The van der Waals surface area contributed by atoms with Crippen LogP contribution in [0, 0.1) is 6.57 Å². The molecular weight excluding hydrogens is 769 g/mol. The molecule has 6 heteroatoms. The molecule has 6 nitrogen and oxygen atoms in total. The summed E-state index contributed by atoms with van der Waals surface area (Å²) in [6, 6.07) is 74.5. The summed E-state index contributed by atoms with van der Waals surface area (Å²) in [6.45, 7) is 7.69. The molecule has 0 N–H and O–H groups in total. The minimum absolute atomic E-state index is 0.583. The van der Waals surface area contributed by atoms with E-state index >= 15 is 0 Å². The number of para-hydroxylation sites is 1. The molecule has 0 unspecified atom stereocenters. The van der Waals surface area contributed by atoms with E-state index in [1.807, 2.05) is 103 Å². The predicted octanol–water partition coefficient (Wildman–Crippen LogP) is 14.6. The molecule has 0 saturated heterocycles. The van der Waals surface area contributed by atoms with E-state index in [1.165, 1.54) is 0 Å². The van der Waals surface area contributed by atoms with Crippen molar-refractivity contribution in [1.82, 2.24) is 24.5 Å². The predicted molar refractivity (Wildman–Crippen MR) is 256 cm³/mol. The van der Waals surface area contributed by atoms with Gasteiger partial charge in [-0.1, -0.05) is 176 Å². The molecule has 0 fully saturated rings. The molecule has 0 aliphatic heterocycles. The maximum absolute atomic E-state index is 7.69. The van der Waals surface area contributed by atoms with Crippen molar-refractivity contribution in [3.05, 3.63) is 230 Å². The van der Waals surface area contributed by atoms with Crippen molar-refractivity contribution in [1.29, 1.82) is 0 Å². The summed E-state index contributed by atoms with van der Waals surface area (Å²) in [7, 11) is 0. The summed E-state index contributed by atoms with van der Waals surface area (Å²) < 4.78 is 2.33. The van der Waals surface area contributed by atoms with Crippen LogP contribution in [0.4, 0.5) is 5.69 Å². The largest absolute Gasteiger partial charge is 0.308 e. The van der Waals surface area contributed by atoms with Gasteiger partial charge in [0.05, 0.1) is 46.1 Å². The first-order chi connectivity index (χ1) is 31.2. The number of benzene rings is 8. The molecule has 3 aromatic heterocycles.